The van der Waals surface area contributed by atoms with E-state index in [1.807, 2.05) is 44.4 Å². The van der Waals surface area contributed by atoms with E-state index < -0.39 is 0 Å². The zero-order chi connectivity index (χ0) is 19.8. The van der Waals surface area contributed by atoms with E-state index >= 15 is 0 Å². The molecule has 0 aliphatic carbocycles. The Balaban J connectivity index is 1.61. The summed E-state index contributed by atoms with van der Waals surface area (Å²) in [6.45, 7) is 3.71. The molecule has 1 saturated heterocycles. The maximum atomic E-state index is 12.3. The molecule has 2 aromatic rings. The van der Waals surface area contributed by atoms with E-state index in [4.69, 9.17) is 9.47 Å². The molecule has 0 aromatic heterocycles. The number of hydrogen-bond donors (Lipinski definition) is 1. The van der Waals surface area contributed by atoms with Crippen LogP contribution in [0.4, 0.5) is 5.69 Å². The smallest absolute Gasteiger partial charge is 0.258 e. The van der Waals surface area contributed by atoms with Crippen molar-refractivity contribution in [3.05, 3.63) is 60.2 Å². The van der Waals surface area contributed by atoms with E-state index in [0.717, 1.165) is 32.0 Å². The van der Waals surface area contributed by atoms with Crippen LogP contribution in [0.2, 0.25) is 0 Å². The van der Waals surface area contributed by atoms with Crippen LogP contribution in [0.15, 0.2) is 54.6 Å². The van der Waals surface area contributed by atoms with Crippen LogP contribution < -0.4 is 15.0 Å². The predicted molar refractivity (Wildman–Crippen MR) is 111 cm³/mol. The van der Waals surface area contributed by atoms with E-state index in [0.29, 0.717) is 12.3 Å². The largest absolute Gasteiger partial charge is 0.484 e. The molecule has 6 nitrogen and oxygen atoms in total. The number of ether oxygens (including phenoxy) is 2. The van der Waals surface area contributed by atoms with E-state index in [2.05, 4.69) is 39.4 Å². The molecule has 1 heterocycles. The first kappa shape index (κ1) is 20.2. The summed E-state index contributed by atoms with van der Waals surface area (Å²) < 4.78 is 11.0. The molecule has 28 heavy (non-hydrogen) atoms. The molecule has 1 unspecified atom stereocenters. The fraction of sp³-hybridized carbons (Fsp3) is 0.409. The Bertz CT molecular complexity index is 728. The average Bonchev–Trinajstić information content (AvgIpc) is 2.74. The third-order valence-corrected chi connectivity index (χ3v) is 4.89. The molecular formula is C22H29N3O3. The second-order valence-electron chi connectivity index (χ2n) is 7.06. The summed E-state index contributed by atoms with van der Waals surface area (Å²) in [5, 5.41) is 3.03. The van der Waals surface area contributed by atoms with Crippen molar-refractivity contribution in [1.82, 2.24) is 10.2 Å². The lowest BCUT2D eigenvalue weighted by atomic mass is 10.0. The summed E-state index contributed by atoms with van der Waals surface area (Å²) in [5.41, 5.74) is 2.35. The highest BCUT2D eigenvalue weighted by Gasteiger charge is 2.23. The number of nitrogens with one attached hydrogen (secondary N) is 1. The lowest BCUT2D eigenvalue weighted by Crippen LogP contribution is -2.44. The molecule has 0 radical (unpaired) electrons. The normalized spacial score (nSPS) is 15.6. The summed E-state index contributed by atoms with van der Waals surface area (Å²) in [5.74, 6) is 0.577. The van der Waals surface area contributed by atoms with Crippen LogP contribution in [-0.4, -0.2) is 64.4 Å². The molecule has 1 amide bonds. The van der Waals surface area contributed by atoms with Gasteiger partial charge in [-0.15, -0.1) is 0 Å². The number of carbonyl (C=O) groups excluding carboxylic acids is 1. The number of carbonyl (C=O) groups is 1. The second kappa shape index (κ2) is 10.1. The van der Waals surface area contributed by atoms with Crippen LogP contribution >= 0.6 is 0 Å². The highest BCUT2D eigenvalue weighted by Crippen LogP contribution is 2.23. The number of nitrogens with zero attached hydrogens (tertiary/aromatic N) is 2. The van der Waals surface area contributed by atoms with Gasteiger partial charge in [-0.05, 0) is 29.8 Å². The van der Waals surface area contributed by atoms with Gasteiger partial charge >= 0.3 is 0 Å². The van der Waals surface area contributed by atoms with Crippen molar-refractivity contribution in [3.63, 3.8) is 0 Å². The Kier molecular flexibility index (Phi) is 7.28. The summed E-state index contributed by atoms with van der Waals surface area (Å²) in [4.78, 5) is 16.7. The van der Waals surface area contributed by atoms with Crippen LogP contribution in [0.5, 0.6) is 5.75 Å². The lowest BCUT2D eigenvalue weighted by molar-refractivity contribution is -0.123. The van der Waals surface area contributed by atoms with Gasteiger partial charge in [-0.1, -0.05) is 30.3 Å². The Morgan fingerprint density at radius 3 is 2.43 bits per heavy atom. The fourth-order valence-electron chi connectivity index (χ4n) is 3.27. The second-order valence-corrected chi connectivity index (χ2v) is 7.06. The SMILES string of the molecule is CN(C)c1ccc(C(CNC(=O)COc2ccccc2)N2CCOCC2)cc1. The summed E-state index contributed by atoms with van der Waals surface area (Å²) in [6.07, 6.45) is 0. The summed E-state index contributed by atoms with van der Waals surface area (Å²) >= 11 is 0. The highest BCUT2D eigenvalue weighted by molar-refractivity contribution is 5.77. The first-order valence-electron chi connectivity index (χ1n) is 9.67. The maximum Gasteiger partial charge on any atom is 0.258 e. The molecule has 150 valence electrons. The van der Waals surface area contributed by atoms with Gasteiger partial charge in [0.15, 0.2) is 6.61 Å². The van der Waals surface area contributed by atoms with Gasteiger partial charge in [0.25, 0.3) is 5.91 Å². The van der Waals surface area contributed by atoms with E-state index in [9.17, 15) is 4.79 Å². The average molecular weight is 383 g/mol. The fourth-order valence-corrected chi connectivity index (χ4v) is 3.27. The van der Waals surface area contributed by atoms with Crippen molar-refractivity contribution in [2.75, 3.05) is 58.5 Å². The minimum atomic E-state index is -0.118. The number of anilines is 1. The van der Waals surface area contributed by atoms with Gasteiger partial charge in [0.05, 0.1) is 19.3 Å². The number of amides is 1. The van der Waals surface area contributed by atoms with Gasteiger partial charge in [-0.25, -0.2) is 0 Å². The molecule has 1 fully saturated rings. The maximum absolute atomic E-state index is 12.3. The Morgan fingerprint density at radius 1 is 1.11 bits per heavy atom. The minimum Gasteiger partial charge on any atom is -0.484 e. The first-order chi connectivity index (χ1) is 13.6. The molecule has 2 aromatic carbocycles. The molecule has 1 aliphatic heterocycles. The van der Waals surface area contributed by atoms with E-state index in [1.54, 1.807) is 0 Å². The van der Waals surface area contributed by atoms with Crippen molar-refractivity contribution in [2.24, 2.45) is 0 Å². The molecule has 6 heteroatoms. The topological polar surface area (TPSA) is 54.0 Å². The quantitative estimate of drug-likeness (QED) is 0.758. The van der Waals surface area contributed by atoms with Gasteiger partial charge in [0.2, 0.25) is 0 Å². The molecule has 1 N–H and O–H groups in total. The number of benzene rings is 2. The Morgan fingerprint density at radius 2 is 1.79 bits per heavy atom. The number of hydrogen-bond acceptors (Lipinski definition) is 5. The van der Waals surface area contributed by atoms with Crippen LogP contribution in [0.25, 0.3) is 0 Å². The van der Waals surface area contributed by atoms with Gasteiger partial charge < -0.3 is 19.7 Å². The number of para-hydroxylation sites is 1. The van der Waals surface area contributed by atoms with Crippen LogP contribution in [0.1, 0.15) is 11.6 Å². The van der Waals surface area contributed by atoms with Crippen molar-refractivity contribution in [2.45, 2.75) is 6.04 Å². The zero-order valence-electron chi connectivity index (χ0n) is 16.6. The van der Waals surface area contributed by atoms with Gasteiger partial charge in [0.1, 0.15) is 5.75 Å². The molecule has 0 bridgehead atoms. The van der Waals surface area contributed by atoms with E-state index in [-0.39, 0.29) is 18.6 Å². The zero-order valence-corrected chi connectivity index (χ0v) is 16.6. The Hall–Kier alpha value is -2.57. The predicted octanol–water partition coefficient (Wildman–Crippen LogP) is 2.32. The molecule has 0 spiro atoms. The molecule has 1 aliphatic rings. The van der Waals surface area contributed by atoms with Crippen molar-refractivity contribution in [1.29, 1.82) is 0 Å². The summed E-state index contributed by atoms with van der Waals surface area (Å²) in [6, 6.07) is 18.0. The summed E-state index contributed by atoms with van der Waals surface area (Å²) in [7, 11) is 4.06. The van der Waals surface area contributed by atoms with Gasteiger partial charge in [-0.3, -0.25) is 9.69 Å². The third-order valence-electron chi connectivity index (χ3n) is 4.89. The van der Waals surface area contributed by atoms with Crippen LogP contribution in [-0.2, 0) is 9.53 Å². The standard InChI is InChI=1S/C22H29N3O3/c1-24(2)19-10-8-18(9-11-19)21(25-12-14-27-15-13-25)16-23-22(26)17-28-20-6-4-3-5-7-20/h3-11,21H,12-17H2,1-2H3,(H,23,26). The number of rotatable bonds is 8. The molecule has 0 saturated carbocycles. The Labute approximate surface area is 167 Å². The van der Waals surface area contributed by atoms with E-state index in [1.165, 1.54) is 5.56 Å². The highest BCUT2D eigenvalue weighted by atomic mass is 16.5. The number of morpholine rings is 1. The molecule has 3 rings (SSSR count). The van der Waals surface area contributed by atoms with Crippen molar-refractivity contribution < 1.29 is 14.3 Å². The lowest BCUT2D eigenvalue weighted by Gasteiger charge is -2.35. The minimum absolute atomic E-state index is 0.0133. The van der Waals surface area contributed by atoms with Crippen molar-refractivity contribution in [3.8, 4) is 5.75 Å². The first-order valence-corrected chi connectivity index (χ1v) is 9.67. The van der Waals surface area contributed by atoms with Crippen LogP contribution in [0.3, 0.4) is 0 Å². The third kappa shape index (κ3) is 5.71. The molecule has 1 atom stereocenters. The monoisotopic (exact) mass is 383 g/mol. The molecular weight excluding hydrogens is 354 g/mol. The van der Waals surface area contributed by atoms with Gasteiger partial charge in [-0.2, -0.15) is 0 Å². The van der Waals surface area contributed by atoms with Crippen molar-refractivity contribution >= 4 is 11.6 Å². The van der Waals surface area contributed by atoms with Gasteiger partial charge in [0, 0.05) is 39.4 Å². The van der Waals surface area contributed by atoms with Crippen LogP contribution in [0, 0.1) is 0 Å².